The summed E-state index contributed by atoms with van der Waals surface area (Å²) in [5.74, 6) is -1.62. The molecule has 16 heavy (non-hydrogen) atoms. The van der Waals surface area contributed by atoms with E-state index < -0.39 is 37.8 Å². The van der Waals surface area contributed by atoms with E-state index in [2.05, 4.69) is 0 Å². The van der Waals surface area contributed by atoms with Crippen molar-refractivity contribution in [3.8, 4) is 0 Å². The summed E-state index contributed by atoms with van der Waals surface area (Å²) < 4.78 is 0. The molecular weight excluding hydrogens is 244 g/mol. The van der Waals surface area contributed by atoms with Crippen LogP contribution in [0.2, 0.25) is 5.02 Å². The predicted molar refractivity (Wildman–Crippen MR) is 51.7 cm³/mol. The molecule has 0 saturated carbocycles. The minimum atomic E-state index is -1.62. The van der Waals surface area contributed by atoms with Crippen LogP contribution in [0.3, 0.4) is 0 Å². The smallest absolute Gasteiger partial charge is 0.344 e. The van der Waals surface area contributed by atoms with Gasteiger partial charge in [-0.05, 0) is 0 Å². The number of carbonyl (C=O) groups is 1. The Morgan fingerprint density at radius 3 is 2.19 bits per heavy atom. The number of non-ortho nitro benzene ring substituents is 1. The molecule has 0 aliphatic carbocycles. The molecule has 9 heteroatoms. The number of hydrogen-bond acceptors (Lipinski definition) is 5. The molecule has 1 aromatic rings. The first kappa shape index (κ1) is 11.9. The highest BCUT2D eigenvalue weighted by atomic mass is 35.5. The van der Waals surface area contributed by atoms with E-state index in [1.165, 1.54) is 0 Å². The molecule has 0 amide bonds. The highest BCUT2D eigenvalue weighted by Gasteiger charge is 2.27. The van der Waals surface area contributed by atoms with Gasteiger partial charge in [0.2, 0.25) is 0 Å². The van der Waals surface area contributed by atoms with Crippen molar-refractivity contribution in [3.63, 3.8) is 0 Å². The fourth-order valence-corrected chi connectivity index (χ4v) is 1.33. The first-order chi connectivity index (χ1) is 7.34. The number of halogens is 1. The maximum atomic E-state index is 10.7. The van der Waals surface area contributed by atoms with Gasteiger partial charge in [-0.1, -0.05) is 11.6 Å². The van der Waals surface area contributed by atoms with Crippen molar-refractivity contribution in [2.45, 2.75) is 0 Å². The van der Waals surface area contributed by atoms with Gasteiger partial charge in [-0.25, -0.2) is 4.79 Å². The van der Waals surface area contributed by atoms with E-state index in [1.54, 1.807) is 0 Å². The van der Waals surface area contributed by atoms with Gasteiger partial charge in [-0.15, -0.1) is 0 Å². The number of benzene rings is 1. The van der Waals surface area contributed by atoms with Crippen LogP contribution in [0.1, 0.15) is 10.4 Å². The Morgan fingerprint density at radius 2 is 1.81 bits per heavy atom. The average molecular weight is 247 g/mol. The summed E-state index contributed by atoms with van der Waals surface area (Å²) in [5, 5.41) is 29.0. The molecule has 0 atom stereocenters. The topological polar surface area (TPSA) is 124 Å². The van der Waals surface area contributed by atoms with Gasteiger partial charge in [0.05, 0.1) is 20.9 Å². The lowest BCUT2D eigenvalue weighted by molar-refractivity contribution is -0.394. The van der Waals surface area contributed by atoms with Crippen LogP contribution in [0.25, 0.3) is 0 Å². The van der Waals surface area contributed by atoms with Crippen molar-refractivity contribution in [3.05, 3.63) is 42.9 Å². The Labute approximate surface area is 92.4 Å². The van der Waals surface area contributed by atoms with Gasteiger partial charge < -0.3 is 5.11 Å². The number of carboxylic acid groups (broad SMARTS) is 1. The standard InChI is InChI=1S/C7H3ClN2O6/c8-4-1-3(9(13)14)2-5(10(15)16)6(4)7(11)12/h1-2H,(H,11,12). The van der Waals surface area contributed by atoms with Gasteiger partial charge in [-0.3, -0.25) is 20.2 Å². The van der Waals surface area contributed by atoms with Gasteiger partial charge >= 0.3 is 5.97 Å². The molecule has 0 aliphatic heterocycles. The van der Waals surface area contributed by atoms with Crippen LogP contribution in [-0.4, -0.2) is 20.9 Å². The van der Waals surface area contributed by atoms with E-state index in [0.29, 0.717) is 6.07 Å². The molecule has 0 saturated heterocycles. The lowest BCUT2D eigenvalue weighted by Crippen LogP contribution is -2.04. The highest BCUT2D eigenvalue weighted by Crippen LogP contribution is 2.31. The molecule has 0 aromatic heterocycles. The van der Waals surface area contributed by atoms with Crippen LogP contribution in [0.5, 0.6) is 0 Å². The summed E-state index contributed by atoms with van der Waals surface area (Å²) in [6.07, 6.45) is 0. The molecule has 1 aromatic carbocycles. The molecule has 84 valence electrons. The van der Waals surface area contributed by atoms with Crippen LogP contribution in [-0.2, 0) is 0 Å². The minimum absolute atomic E-state index is 0.548. The maximum Gasteiger partial charge on any atom is 0.344 e. The SMILES string of the molecule is O=C(O)c1c(Cl)cc([N+](=O)[O-])cc1[N+](=O)[O-]. The summed E-state index contributed by atoms with van der Waals surface area (Å²) in [6.45, 7) is 0. The Morgan fingerprint density at radius 1 is 1.25 bits per heavy atom. The third-order valence-electron chi connectivity index (χ3n) is 1.68. The van der Waals surface area contributed by atoms with E-state index in [9.17, 15) is 25.0 Å². The predicted octanol–water partition coefficient (Wildman–Crippen LogP) is 1.85. The number of carboxylic acids is 1. The Balaban J connectivity index is 3.58. The second kappa shape index (κ2) is 4.11. The zero-order valence-electron chi connectivity index (χ0n) is 7.42. The second-order valence-corrected chi connectivity index (χ2v) is 3.05. The number of rotatable bonds is 3. The van der Waals surface area contributed by atoms with E-state index in [-0.39, 0.29) is 0 Å². The molecule has 0 fully saturated rings. The number of nitrogens with zero attached hydrogens (tertiary/aromatic N) is 2. The lowest BCUT2D eigenvalue weighted by Gasteiger charge is -2.00. The Bertz CT molecular complexity index is 500. The van der Waals surface area contributed by atoms with Gasteiger partial charge in [-0.2, -0.15) is 0 Å². The summed E-state index contributed by atoms with van der Waals surface area (Å²) in [6, 6.07) is 1.30. The maximum absolute atomic E-state index is 10.7. The number of nitro groups is 2. The third kappa shape index (κ3) is 2.06. The monoisotopic (exact) mass is 246 g/mol. The van der Waals surface area contributed by atoms with Crippen LogP contribution in [0.4, 0.5) is 11.4 Å². The fourth-order valence-electron chi connectivity index (χ4n) is 1.04. The fraction of sp³-hybridized carbons (Fsp3) is 0. The molecule has 0 heterocycles. The van der Waals surface area contributed by atoms with Gasteiger partial charge in [0, 0.05) is 6.07 Å². The van der Waals surface area contributed by atoms with Crippen LogP contribution < -0.4 is 0 Å². The van der Waals surface area contributed by atoms with E-state index >= 15 is 0 Å². The van der Waals surface area contributed by atoms with Crippen molar-refractivity contribution < 1.29 is 19.7 Å². The van der Waals surface area contributed by atoms with Crippen LogP contribution >= 0.6 is 11.6 Å². The number of nitro benzene ring substituents is 2. The Hall–Kier alpha value is -2.22. The van der Waals surface area contributed by atoms with Gasteiger partial charge in [0.1, 0.15) is 0 Å². The van der Waals surface area contributed by atoms with Crippen molar-refractivity contribution in [1.29, 1.82) is 0 Å². The number of aromatic carboxylic acids is 1. The van der Waals surface area contributed by atoms with Crippen LogP contribution in [0, 0.1) is 20.2 Å². The molecule has 1 rings (SSSR count). The second-order valence-electron chi connectivity index (χ2n) is 2.64. The first-order valence-electron chi connectivity index (χ1n) is 3.70. The molecular formula is C7H3ClN2O6. The van der Waals surface area contributed by atoms with Crippen molar-refractivity contribution in [2.75, 3.05) is 0 Å². The van der Waals surface area contributed by atoms with Crippen molar-refractivity contribution >= 4 is 28.9 Å². The molecule has 0 spiro atoms. The third-order valence-corrected chi connectivity index (χ3v) is 1.97. The molecule has 0 radical (unpaired) electrons. The summed E-state index contributed by atoms with van der Waals surface area (Å²) in [7, 11) is 0. The van der Waals surface area contributed by atoms with Gasteiger partial charge in [0.15, 0.2) is 5.56 Å². The molecule has 8 nitrogen and oxygen atoms in total. The minimum Gasteiger partial charge on any atom is -0.477 e. The zero-order chi connectivity index (χ0) is 12.5. The van der Waals surface area contributed by atoms with Crippen molar-refractivity contribution in [1.82, 2.24) is 0 Å². The normalized spacial score (nSPS) is 9.81. The molecule has 0 unspecified atom stereocenters. The largest absolute Gasteiger partial charge is 0.477 e. The first-order valence-corrected chi connectivity index (χ1v) is 4.08. The molecule has 1 N–H and O–H groups in total. The summed E-state index contributed by atoms with van der Waals surface area (Å²) in [5.41, 5.74) is -2.31. The lowest BCUT2D eigenvalue weighted by atomic mass is 10.1. The summed E-state index contributed by atoms with van der Waals surface area (Å²) in [4.78, 5) is 29.6. The Kier molecular flexibility index (Phi) is 3.04. The van der Waals surface area contributed by atoms with E-state index in [0.717, 1.165) is 6.07 Å². The zero-order valence-corrected chi connectivity index (χ0v) is 8.17. The van der Waals surface area contributed by atoms with E-state index in [4.69, 9.17) is 16.7 Å². The van der Waals surface area contributed by atoms with Gasteiger partial charge in [0.25, 0.3) is 11.4 Å². The van der Waals surface area contributed by atoms with E-state index in [1.807, 2.05) is 0 Å². The average Bonchev–Trinajstić information content (AvgIpc) is 2.15. The molecule has 0 bridgehead atoms. The van der Waals surface area contributed by atoms with Crippen LogP contribution in [0.15, 0.2) is 12.1 Å². The molecule has 0 aliphatic rings. The van der Waals surface area contributed by atoms with Crippen molar-refractivity contribution in [2.24, 2.45) is 0 Å². The quantitative estimate of drug-likeness (QED) is 0.641. The highest BCUT2D eigenvalue weighted by molar-refractivity contribution is 6.34. The summed E-state index contributed by atoms with van der Waals surface area (Å²) >= 11 is 5.43. The number of hydrogen-bond donors (Lipinski definition) is 1.